The molecule has 2 aromatic carbocycles. The van der Waals surface area contributed by atoms with E-state index in [9.17, 15) is 8.42 Å². The predicted molar refractivity (Wildman–Crippen MR) is 92.8 cm³/mol. The van der Waals surface area contributed by atoms with Gasteiger partial charge in [-0.2, -0.15) is 0 Å². The van der Waals surface area contributed by atoms with Gasteiger partial charge in [0.05, 0.1) is 10.6 Å². The fourth-order valence-electron chi connectivity index (χ4n) is 2.57. The average molecular weight is 381 g/mol. The van der Waals surface area contributed by atoms with E-state index in [2.05, 4.69) is 25.6 Å². The van der Waals surface area contributed by atoms with Gasteiger partial charge < -0.3 is 4.90 Å². The second kappa shape index (κ2) is 6.30. The Hall–Kier alpha value is -1.53. The number of rotatable bonds is 4. The molecule has 0 bridgehead atoms. The molecule has 0 aromatic heterocycles. The lowest BCUT2D eigenvalue weighted by molar-refractivity contribution is 0.601. The van der Waals surface area contributed by atoms with Gasteiger partial charge in [-0.3, -0.25) is 4.72 Å². The maximum atomic E-state index is 12.4. The van der Waals surface area contributed by atoms with Crippen LogP contribution in [0.1, 0.15) is 12.8 Å². The van der Waals surface area contributed by atoms with E-state index in [1.807, 2.05) is 18.2 Å². The zero-order chi connectivity index (χ0) is 15.6. The van der Waals surface area contributed by atoms with Crippen molar-refractivity contribution in [2.24, 2.45) is 0 Å². The van der Waals surface area contributed by atoms with E-state index in [1.54, 1.807) is 30.3 Å². The monoisotopic (exact) mass is 380 g/mol. The fourth-order valence-corrected chi connectivity index (χ4v) is 3.88. The number of hydrogen-bond acceptors (Lipinski definition) is 3. The third-order valence-corrected chi connectivity index (χ3v) is 5.62. The second-order valence-electron chi connectivity index (χ2n) is 5.30. The highest BCUT2D eigenvalue weighted by molar-refractivity contribution is 9.10. The molecule has 0 aliphatic carbocycles. The number of nitrogens with zero attached hydrogens (tertiary/aromatic N) is 1. The van der Waals surface area contributed by atoms with Gasteiger partial charge in [-0.15, -0.1) is 0 Å². The van der Waals surface area contributed by atoms with Crippen LogP contribution in [0.25, 0.3) is 0 Å². The van der Waals surface area contributed by atoms with E-state index in [1.165, 1.54) is 12.8 Å². The molecule has 2 aromatic rings. The average Bonchev–Trinajstić information content (AvgIpc) is 3.02. The maximum absolute atomic E-state index is 12.4. The van der Waals surface area contributed by atoms with E-state index in [0.29, 0.717) is 5.69 Å². The lowest BCUT2D eigenvalue weighted by Crippen LogP contribution is -2.18. The number of hydrogen-bond donors (Lipinski definition) is 1. The van der Waals surface area contributed by atoms with Crippen LogP contribution in [0, 0.1) is 0 Å². The fraction of sp³-hybridized carbons (Fsp3) is 0.250. The summed E-state index contributed by atoms with van der Waals surface area (Å²) in [6.45, 7) is 2.06. The van der Waals surface area contributed by atoms with Gasteiger partial charge in [0.25, 0.3) is 10.0 Å². The highest BCUT2D eigenvalue weighted by atomic mass is 79.9. The minimum atomic E-state index is -3.56. The van der Waals surface area contributed by atoms with Gasteiger partial charge in [0.2, 0.25) is 0 Å². The van der Waals surface area contributed by atoms with Crippen molar-refractivity contribution in [1.29, 1.82) is 0 Å². The van der Waals surface area contributed by atoms with Crippen LogP contribution in [-0.4, -0.2) is 21.5 Å². The van der Waals surface area contributed by atoms with Gasteiger partial charge in [-0.1, -0.05) is 22.0 Å². The summed E-state index contributed by atoms with van der Waals surface area (Å²) in [6.07, 6.45) is 2.38. The highest BCUT2D eigenvalue weighted by Gasteiger charge is 2.16. The summed E-state index contributed by atoms with van der Waals surface area (Å²) in [5, 5.41) is 0. The summed E-state index contributed by atoms with van der Waals surface area (Å²) in [5.74, 6) is 0. The first-order chi connectivity index (χ1) is 10.5. The molecule has 0 atom stereocenters. The van der Waals surface area contributed by atoms with Crippen LogP contribution < -0.4 is 9.62 Å². The van der Waals surface area contributed by atoms with Gasteiger partial charge >= 0.3 is 0 Å². The van der Waals surface area contributed by atoms with Gasteiger partial charge in [0.15, 0.2) is 0 Å². The molecule has 0 spiro atoms. The third kappa shape index (κ3) is 3.44. The van der Waals surface area contributed by atoms with Gasteiger partial charge in [0, 0.05) is 23.2 Å². The first-order valence-corrected chi connectivity index (χ1v) is 9.46. The number of nitrogens with one attached hydrogen (secondary N) is 1. The Balaban J connectivity index is 1.82. The third-order valence-electron chi connectivity index (χ3n) is 3.69. The van der Waals surface area contributed by atoms with Crippen molar-refractivity contribution in [3.05, 3.63) is 53.0 Å². The van der Waals surface area contributed by atoms with Crippen molar-refractivity contribution in [3.8, 4) is 0 Å². The Morgan fingerprint density at radius 1 is 1.00 bits per heavy atom. The van der Waals surface area contributed by atoms with Crippen molar-refractivity contribution < 1.29 is 8.42 Å². The van der Waals surface area contributed by atoms with Crippen LogP contribution in [0.3, 0.4) is 0 Å². The highest BCUT2D eigenvalue weighted by Crippen LogP contribution is 2.25. The molecule has 6 heteroatoms. The zero-order valence-corrected chi connectivity index (χ0v) is 14.4. The smallest absolute Gasteiger partial charge is 0.261 e. The topological polar surface area (TPSA) is 49.4 Å². The summed E-state index contributed by atoms with van der Waals surface area (Å²) >= 11 is 3.31. The molecule has 1 aliphatic rings. The first-order valence-electron chi connectivity index (χ1n) is 7.18. The maximum Gasteiger partial charge on any atom is 0.261 e. The summed E-state index contributed by atoms with van der Waals surface area (Å²) in [4.78, 5) is 2.53. The minimum absolute atomic E-state index is 0.252. The van der Waals surface area contributed by atoms with E-state index in [4.69, 9.17) is 0 Å². The van der Waals surface area contributed by atoms with Crippen LogP contribution in [-0.2, 0) is 10.0 Å². The van der Waals surface area contributed by atoms with E-state index in [0.717, 1.165) is 23.2 Å². The lowest BCUT2D eigenvalue weighted by atomic mass is 10.2. The van der Waals surface area contributed by atoms with Crippen LogP contribution >= 0.6 is 15.9 Å². The van der Waals surface area contributed by atoms with Crippen LogP contribution in [0.5, 0.6) is 0 Å². The molecule has 22 heavy (non-hydrogen) atoms. The Kier molecular flexibility index (Phi) is 4.40. The van der Waals surface area contributed by atoms with Crippen LogP contribution in [0.4, 0.5) is 11.4 Å². The standard InChI is InChI=1S/C16H17BrN2O2S/c17-13-6-8-16(9-7-13)22(20,21)18-14-4-3-5-15(12-14)19-10-1-2-11-19/h3-9,12,18H,1-2,10-11H2. The quantitative estimate of drug-likeness (QED) is 0.875. The van der Waals surface area contributed by atoms with Crippen molar-refractivity contribution in [1.82, 2.24) is 0 Å². The molecular weight excluding hydrogens is 364 g/mol. The number of sulfonamides is 1. The molecule has 0 amide bonds. The molecule has 0 saturated carbocycles. The van der Waals surface area contributed by atoms with Crippen molar-refractivity contribution in [3.63, 3.8) is 0 Å². The Morgan fingerprint density at radius 2 is 1.68 bits per heavy atom. The molecule has 1 N–H and O–H groups in total. The SMILES string of the molecule is O=S(=O)(Nc1cccc(N2CCCC2)c1)c1ccc(Br)cc1. The van der Waals surface area contributed by atoms with E-state index < -0.39 is 10.0 Å². The summed E-state index contributed by atoms with van der Waals surface area (Å²) in [5.41, 5.74) is 1.65. The van der Waals surface area contributed by atoms with Crippen molar-refractivity contribution in [2.75, 3.05) is 22.7 Å². The van der Waals surface area contributed by atoms with E-state index >= 15 is 0 Å². The summed E-state index contributed by atoms with van der Waals surface area (Å²) in [6, 6.07) is 14.2. The largest absolute Gasteiger partial charge is 0.371 e. The second-order valence-corrected chi connectivity index (χ2v) is 7.90. The number of halogens is 1. The molecule has 3 rings (SSSR count). The minimum Gasteiger partial charge on any atom is -0.371 e. The molecular formula is C16H17BrN2O2S. The molecule has 1 saturated heterocycles. The molecule has 1 aliphatic heterocycles. The van der Waals surface area contributed by atoms with Crippen LogP contribution in [0.15, 0.2) is 57.9 Å². The van der Waals surface area contributed by atoms with Crippen molar-refractivity contribution in [2.45, 2.75) is 17.7 Å². The Labute approximate surface area is 139 Å². The molecule has 1 heterocycles. The summed E-state index contributed by atoms with van der Waals surface area (Å²) < 4.78 is 28.3. The van der Waals surface area contributed by atoms with E-state index in [-0.39, 0.29) is 4.90 Å². The Bertz CT molecular complexity index is 754. The molecule has 4 nitrogen and oxygen atoms in total. The normalized spacial score (nSPS) is 15.0. The van der Waals surface area contributed by atoms with Gasteiger partial charge in [0.1, 0.15) is 0 Å². The van der Waals surface area contributed by atoms with Crippen molar-refractivity contribution >= 4 is 37.3 Å². The van der Waals surface area contributed by atoms with Gasteiger partial charge in [-0.25, -0.2) is 8.42 Å². The predicted octanol–water partition coefficient (Wildman–Crippen LogP) is 3.85. The molecule has 116 valence electrons. The lowest BCUT2D eigenvalue weighted by Gasteiger charge is -2.18. The first kappa shape index (κ1) is 15.4. The summed E-state index contributed by atoms with van der Waals surface area (Å²) in [7, 11) is -3.56. The zero-order valence-electron chi connectivity index (χ0n) is 12.0. The molecule has 1 fully saturated rings. The Morgan fingerprint density at radius 3 is 2.36 bits per heavy atom. The van der Waals surface area contributed by atoms with Gasteiger partial charge in [-0.05, 0) is 55.3 Å². The number of benzene rings is 2. The molecule has 0 radical (unpaired) electrons. The number of anilines is 2. The van der Waals surface area contributed by atoms with Crippen LogP contribution in [0.2, 0.25) is 0 Å². The molecule has 0 unspecified atom stereocenters.